The number of likely N-dealkylation sites (N-methyl/N-ethyl adjacent to an activating group) is 1. The van der Waals surface area contributed by atoms with Gasteiger partial charge in [0.15, 0.2) is 0 Å². The second kappa shape index (κ2) is 8.03. The Bertz CT molecular complexity index is 1060. The van der Waals surface area contributed by atoms with E-state index in [1.165, 1.54) is 14.2 Å². The summed E-state index contributed by atoms with van der Waals surface area (Å²) in [7, 11) is 5.15. The van der Waals surface area contributed by atoms with Crippen molar-refractivity contribution in [1.82, 2.24) is 14.9 Å². The van der Waals surface area contributed by atoms with Crippen LogP contribution in [0.3, 0.4) is 0 Å². The minimum atomic E-state index is 0.295. The van der Waals surface area contributed by atoms with Crippen LogP contribution in [0.2, 0.25) is 15.2 Å². The molecule has 0 amide bonds. The molecule has 1 fully saturated rings. The smallest absolute Gasteiger partial charge is 0.141 e. The van der Waals surface area contributed by atoms with Gasteiger partial charge in [0.1, 0.15) is 22.5 Å². The number of pyridine rings is 2. The molecule has 4 rings (SSSR count). The number of rotatable bonds is 5. The molecule has 0 bridgehead atoms. The SMILES string of the molecule is COc1cc(OC)c(Cl)c(-c2cc3cnc(Cl)cc3c(NC3CN(C)C3)n2)c1Cl. The van der Waals surface area contributed by atoms with Gasteiger partial charge in [0.2, 0.25) is 0 Å². The summed E-state index contributed by atoms with van der Waals surface area (Å²) in [6.45, 7) is 1.86. The summed E-state index contributed by atoms with van der Waals surface area (Å²) in [6.07, 6.45) is 1.71. The number of hydrogen-bond acceptors (Lipinski definition) is 6. The van der Waals surface area contributed by atoms with Gasteiger partial charge in [-0.2, -0.15) is 0 Å². The fourth-order valence-electron chi connectivity index (χ4n) is 3.45. The van der Waals surface area contributed by atoms with Gasteiger partial charge < -0.3 is 19.7 Å². The average Bonchev–Trinajstić information content (AvgIpc) is 2.67. The molecule has 9 heteroatoms. The van der Waals surface area contributed by atoms with Crippen LogP contribution in [0, 0.1) is 0 Å². The van der Waals surface area contributed by atoms with Crippen molar-refractivity contribution < 1.29 is 9.47 Å². The van der Waals surface area contributed by atoms with Crippen molar-refractivity contribution in [3.8, 4) is 22.8 Å². The minimum absolute atomic E-state index is 0.295. The van der Waals surface area contributed by atoms with Gasteiger partial charge in [-0.3, -0.25) is 0 Å². The van der Waals surface area contributed by atoms with Crippen LogP contribution in [0.1, 0.15) is 0 Å². The van der Waals surface area contributed by atoms with E-state index in [1.54, 1.807) is 18.3 Å². The molecule has 1 saturated heterocycles. The van der Waals surface area contributed by atoms with E-state index in [9.17, 15) is 0 Å². The summed E-state index contributed by atoms with van der Waals surface area (Å²) in [5, 5.41) is 6.37. The van der Waals surface area contributed by atoms with Gasteiger partial charge in [0.25, 0.3) is 0 Å². The molecule has 152 valence electrons. The molecule has 2 aromatic heterocycles. The number of nitrogens with one attached hydrogen (secondary N) is 1. The van der Waals surface area contributed by atoms with E-state index in [0.29, 0.717) is 49.8 Å². The number of hydrogen-bond donors (Lipinski definition) is 1. The molecular weight excluding hydrogens is 435 g/mol. The normalized spacial score (nSPS) is 14.7. The van der Waals surface area contributed by atoms with Crippen molar-refractivity contribution in [2.75, 3.05) is 39.7 Å². The zero-order valence-corrected chi connectivity index (χ0v) is 18.4. The number of benzene rings is 1. The monoisotopic (exact) mass is 452 g/mol. The van der Waals surface area contributed by atoms with Crippen molar-refractivity contribution in [1.29, 1.82) is 0 Å². The molecule has 1 aliphatic rings. The standard InChI is InChI=1S/C20H19Cl3N4O2/c1-27-8-11(9-27)25-20-12-5-16(21)24-7-10(12)4-13(26-20)17-18(22)14(28-2)6-15(29-3)19(17)23/h4-7,11H,8-9H2,1-3H3,(H,25,26). The van der Waals surface area contributed by atoms with Crippen LogP contribution >= 0.6 is 34.8 Å². The maximum Gasteiger partial charge on any atom is 0.141 e. The second-order valence-corrected chi connectivity index (χ2v) is 8.07. The lowest BCUT2D eigenvalue weighted by Crippen LogP contribution is -2.52. The summed E-state index contributed by atoms with van der Waals surface area (Å²) in [4.78, 5) is 11.3. The Morgan fingerprint density at radius 1 is 1.03 bits per heavy atom. The fourth-order valence-corrected chi connectivity index (χ4v) is 4.31. The van der Waals surface area contributed by atoms with Gasteiger partial charge in [-0.1, -0.05) is 34.8 Å². The number of fused-ring (bicyclic) bond motifs is 1. The molecule has 0 atom stereocenters. The highest BCUT2D eigenvalue weighted by Gasteiger charge is 2.25. The molecule has 3 aromatic rings. The van der Waals surface area contributed by atoms with E-state index < -0.39 is 0 Å². The maximum absolute atomic E-state index is 6.60. The average molecular weight is 454 g/mol. The first-order valence-electron chi connectivity index (χ1n) is 8.93. The molecular formula is C20H19Cl3N4O2. The molecule has 6 nitrogen and oxygen atoms in total. The Labute approximate surface area is 183 Å². The molecule has 1 N–H and O–H groups in total. The Morgan fingerprint density at radius 3 is 2.28 bits per heavy atom. The largest absolute Gasteiger partial charge is 0.495 e. The summed E-state index contributed by atoms with van der Waals surface area (Å²) >= 11 is 19.3. The Morgan fingerprint density at radius 2 is 1.69 bits per heavy atom. The van der Waals surface area contributed by atoms with Crippen LogP contribution in [0.15, 0.2) is 24.4 Å². The van der Waals surface area contributed by atoms with E-state index in [0.717, 1.165) is 23.9 Å². The summed E-state index contributed by atoms with van der Waals surface area (Å²) in [5.74, 6) is 1.61. The van der Waals surface area contributed by atoms with Crippen LogP contribution in [-0.2, 0) is 0 Å². The van der Waals surface area contributed by atoms with Gasteiger partial charge in [0.05, 0.1) is 36.0 Å². The third-order valence-corrected chi connectivity index (χ3v) is 5.87. The third kappa shape index (κ3) is 3.78. The molecule has 0 unspecified atom stereocenters. The highest BCUT2D eigenvalue weighted by atomic mass is 35.5. The Kier molecular flexibility index (Phi) is 5.62. The lowest BCUT2D eigenvalue weighted by atomic mass is 10.1. The summed E-state index contributed by atoms with van der Waals surface area (Å²) < 4.78 is 10.8. The molecule has 0 spiro atoms. The highest BCUT2D eigenvalue weighted by molar-refractivity contribution is 6.41. The predicted octanol–water partition coefficient (Wildman–Crippen LogP) is 5.00. The topological polar surface area (TPSA) is 59.5 Å². The van der Waals surface area contributed by atoms with Gasteiger partial charge in [-0.15, -0.1) is 0 Å². The van der Waals surface area contributed by atoms with Crippen molar-refractivity contribution in [2.45, 2.75) is 6.04 Å². The fraction of sp³-hybridized carbons (Fsp3) is 0.300. The van der Waals surface area contributed by atoms with E-state index in [4.69, 9.17) is 49.3 Å². The molecule has 0 radical (unpaired) electrons. The number of methoxy groups -OCH3 is 2. The van der Waals surface area contributed by atoms with Crippen molar-refractivity contribution in [3.05, 3.63) is 39.6 Å². The lowest BCUT2D eigenvalue weighted by molar-refractivity contribution is 0.205. The number of likely N-dealkylation sites (tertiary alicyclic amines) is 1. The first kappa shape index (κ1) is 20.3. The first-order chi connectivity index (χ1) is 13.9. The van der Waals surface area contributed by atoms with Crippen LogP contribution in [0.25, 0.3) is 22.0 Å². The van der Waals surface area contributed by atoms with Gasteiger partial charge in [-0.25, -0.2) is 9.97 Å². The lowest BCUT2D eigenvalue weighted by Gasteiger charge is -2.37. The molecule has 1 aromatic carbocycles. The Hall–Kier alpha value is -1.99. The van der Waals surface area contributed by atoms with Gasteiger partial charge in [0, 0.05) is 41.7 Å². The first-order valence-corrected chi connectivity index (χ1v) is 10.1. The van der Waals surface area contributed by atoms with Crippen LogP contribution in [0.5, 0.6) is 11.5 Å². The zero-order chi connectivity index (χ0) is 20.7. The quantitative estimate of drug-likeness (QED) is 0.549. The molecule has 1 aliphatic heterocycles. The number of aromatic nitrogens is 2. The number of anilines is 1. The van der Waals surface area contributed by atoms with Crippen molar-refractivity contribution in [3.63, 3.8) is 0 Å². The van der Waals surface area contributed by atoms with Gasteiger partial charge >= 0.3 is 0 Å². The molecule has 0 aliphatic carbocycles. The molecule has 3 heterocycles. The van der Waals surface area contributed by atoms with Crippen molar-refractivity contribution in [2.24, 2.45) is 0 Å². The molecule has 0 saturated carbocycles. The van der Waals surface area contributed by atoms with E-state index in [1.807, 2.05) is 6.07 Å². The summed E-state index contributed by atoms with van der Waals surface area (Å²) in [6, 6.07) is 5.62. The van der Waals surface area contributed by atoms with E-state index in [-0.39, 0.29) is 0 Å². The predicted molar refractivity (Wildman–Crippen MR) is 118 cm³/mol. The second-order valence-electron chi connectivity index (χ2n) is 6.93. The van der Waals surface area contributed by atoms with E-state index in [2.05, 4.69) is 22.2 Å². The van der Waals surface area contributed by atoms with Crippen LogP contribution < -0.4 is 14.8 Å². The number of ether oxygens (including phenoxy) is 2. The minimum Gasteiger partial charge on any atom is -0.495 e. The maximum atomic E-state index is 6.60. The Balaban J connectivity index is 1.92. The summed E-state index contributed by atoms with van der Waals surface area (Å²) in [5.41, 5.74) is 1.12. The number of nitrogens with zero attached hydrogens (tertiary/aromatic N) is 3. The van der Waals surface area contributed by atoms with E-state index >= 15 is 0 Å². The zero-order valence-electron chi connectivity index (χ0n) is 16.1. The highest BCUT2D eigenvalue weighted by Crippen LogP contribution is 2.46. The number of halogens is 3. The van der Waals surface area contributed by atoms with Crippen LogP contribution in [0.4, 0.5) is 5.82 Å². The van der Waals surface area contributed by atoms with Crippen LogP contribution in [-0.4, -0.2) is 55.3 Å². The molecule has 29 heavy (non-hydrogen) atoms. The third-order valence-electron chi connectivity index (χ3n) is 4.92. The van der Waals surface area contributed by atoms with Gasteiger partial charge in [-0.05, 0) is 19.2 Å². The van der Waals surface area contributed by atoms with Crippen molar-refractivity contribution >= 4 is 51.4 Å².